The highest BCUT2D eigenvalue weighted by Crippen LogP contribution is 2.57. The average Bonchev–Trinajstić information content (AvgIpc) is 2.96. The van der Waals surface area contributed by atoms with Gasteiger partial charge in [-0.2, -0.15) is 0 Å². The second-order valence-corrected chi connectivity index (χ2v) is 10.9. The van der Waals surface area contributed by atoms with Crippen LogP contribution in [0.4, 0.5) is 0 Å². The van der Waals surface area contributed by atoms with Crippen LogP contribution in [0.3, 0.4) is 0 Å². The molecule has 1 aromatic heterocycles. The Morgan fingerprint density at radius 2 is 1.05 bits per heavy atom. The fraction of sp³-hybridized carbons (Fsp3) is 0.108. The van der Waals surface area contributed by atoms with Gasteiger partial charge in [0.15, 0.2) is 6.20 Å². The van der Waals surface area contributed by atoms with Crippen molar-refractivity contribution in [3.8, 4) is 22.4 Å². The van der Waals surface area contributed by atoms with E-state index in [1.165, 1.54) is 72.1 Å². The molecule has 1 heteroatoms. The van der Waals surface area contributed by atoms with Crippen molar-refractivity contribution in [1.29, 1.82) is 0 Å². The molecule has 0 amide bonds. The maximum atomic E-state index is 2.50. The fourth-order valence-electron chi connectivity index (χ4n) is 6.99. The number of aryl methyl sites for hydroxylation is 2. The van der Waals surface area contributed by atoms with Crippen LogP contribution in [0.1, 0.15) is 50.8 Å². The maximum Gasteiger partial charge on any atom is 0.213 e. The molecule has 0 saturated carbocycles. The van der Waals surface area contributed by atoms with Crippen LogP contribution in [0.2, 0.25) is 0 Å². The molecule has 5 aromatic carbocycles. The lowest BCUT2D eigenvalue weighted by atomic mass is 9.60. The normalized spacial score (nSPS) is 16.7. The molecule has 2 atom stereocenters. The molecule has 38 heavy (non-hydrogen) atoms. The molecule has 1 heterocycles. The quantitative estimate of drug-likeness (QED) is 0.216. The van der Waals surface area contributed by atoms with Gasteiger partial charge in [-0.05, 0) is 86.0 Å². The summed E-state index contributed by atoms with van der Waals surface area (Å²) in [6, 6.07) is 43.0. The zero-order chi connectivity index (χ0) is 25.4. The molecular weight excluding hydrogens is 458 g/mol. The summed E-state index contributed by atoms with van der Waals surface area (Å²) in [4.78, 5) is 0. The Morgan fingerprint density at radius 1 is 0.500 bits per heavy atom. The minimum absolute atomic E-state index is 0.257. The molecule has 0 fully saturated rings. The monoisotopic (exact) mass is 486 g/mol. The summed E-state index contributed by atoms with van der Waals surface area (Å²) < 4.78 is 2.26. The first kappa shape index (κ1) is 21.6. The Bertz CT molecular complexity index is 1900. The molecule has 0 radical (unpaired) electrons. The van der Waals surface area contributed by atoms with Crippen molar-refractivity contribution >= 4 is 10.8 Å². The largest absolute Gasteiger partial charge is 0.213 e. The van der Waals surface area contributed by atoms with Crippen LogP contribution in [0.15, 0.2) is 121 Å². The standard InChI is InChI=1S/C37H28N/c1-23-18-31-34(22-30(23)35-21-27(16-17-38(35)2)24-10-4-3-5-11-24)37-29-15-9-8-14-28(29)36(31)32-19-25-12-6-7-13-26(25)20-33(32)37/h3-22,36-37H,1-2H3/q+1. The third-order valence-corrected chi connectivity index (χ3v) is 8.78. The van der Waals surface area contributed by atoms with Gasteiger partial charge in [-0.1, -0.05) is 84.9 Å². The number of aromatic nitrogens is 1. The molecule has 0 N–H and O–H groups in total. The Morgan fingerprint density at radius 3 is 1.71 bits per heavy atom. The average molecular weight is 487 g/mol. The highest BCUT2D eigenvalue weighted by molar-refractivity contribution is 5.87. The van der Waals surface area contributed by atoms with Gasteiger partial charge in [0.1, 0.15) is 7.05 Å². The van der Waals surface area contributed by atoms with Gasteiger partial charge in [0, 0.05) is 29.5 Å². The van der Waals surface area contributed by atoms with Crippen molar-refractivity contribution in [3.05, 3.63) is 160 Å². The van der Waals surface area contributed by atoms with Crippen molar-refractivity contribution in [1.82, 2.24) is 0 Å². The van der Waals surface area contributed by atoms with E-state index in [1.807, 2.05) is 0 Å². The second kappa shape index (κ2) is 8.00. The summed E-state index contributed by atoms with van der Waals surface area (Å²) in [5.41, 5.74) is 15.2. The maximum absolute atomic E-state index is 2.50. The highest BCUT2D eigenvalue weighted by Gasteiger charge is 2.42. The number of hydrogen-bond donors (Lipinski definition) is 0. The Kier molecular flexibility index (Phi) is 4.54. The number of rotatable bonds is 2. The van der Waals surface area contributed by atoms with Crippen LogP contribution in [-0.4, -0.2) is 0 Å². The van der Waals surface area contributed by atoms with Gasteiger partial charge in [-0.3, -0.25) is 0 Å². The van der Waals surface area contributed by atoms with Crippen LogP contribution in [0, 0.1) is 6.92 Å². The van der Waals surface area contributed by atoms with E-state index >= 15 is 0 Å². The van der Waals surface area contributed by atoms with Crippen LogP contribution >= 0.6 is 0 Å². The Hall–Kier alpha value is -4.49. The Labute approximate surface area is 223 Å². The summed E-state index contributed by atoms with van der Waals surface area (Å²) in [6.45, 7) is 2.28. The van der Waals surface area contributed by atoms with E-state index in [0.29, 0.717) is 0 Å². The lowest BCUT2D eigenvalue weighted by Gasteiger charge is -2.42. The lowest BCUT2D eigenvalue weighted by molar-refractivity contribution is -0.660. The van der Waals surface area contributed by atoms with Gasteiger partial charge in [0.25, 0.3) is 0 Å². The molecule has 0 saturated heterocycles. The lowest BCUT2D eigenvalue weighted by Crippen LogP contribution is -2.31. The van der Waals surface area contributed by atoms with E-state index in [9.17, 15) is 0 Å². The van der Waals surface area contributed by atoms with E-state index in [2.05, 4.69) is 140 Å². The molecule has 180 valence electrons. The first-order valence-electron chi connectivity index (χ1n) is 13.5. The number of fused-ring (bicyclic) bond motifs is 1. The molecule has 1 nitrogen and oxygen atoms in total. The zero-order valence-electron chi connectivity index (χ0n) is 21.6. The van der Waals surface area contributed by atoms with E-state index in [0.717, 1.165) is 0 Å². The molecule has 2 bridgehead atoms. The first-order valence-corrected chi connectivity index (χ1v) is 13.5. The van der Waals surface area contributed by atoms with Gasteiger partial charge < -0.3 is 0 Å². The van der Waals surface area contributed by atoms with Gasteiger partial charge in [-0.25, -0.2) is 4.57 Å². The van der Waals surface area contributed by atoms with Crippen molar-refractivity contribution in [3.63, 3.8) is 0 Å². The predicted octanol–water partition coefficient (Wildman–Crippen LogP) is 8.29. The van der Waals surface area contributed by atoms with Crippen LogP contribution in [0.5, 0.6) is 0 Å². The van der Waals surface area contributed by atoms with Crippen LogP contribution in [-0.2, 0) is 7.05 Å². The summed E-state index contributed by atoms with van der Waals surface area (Å²) in [7, 11) is 2.16. The number of hydrogen-bond acceptors (Lipinski definition) is 0. The Balaban J connectivity index is 1.36. The van der Waals surface area contributed by atoms with Crippen molar-refractivity contribution in [2.45, 2.75) is 18.8 Å². The van der Waals surface area contributed by atoms with Gasteiger partial charge in [0.05, 0.1) is 0 Å². The number of nitrogens with zero attached hydrogens (tertiary/aromatic N) is 1. The SMILES string of the molecule is Cc1cc2c(cc1-c1cc(-c3ccccc3)cc[n+]1C)C1c3ccccc3C2c2cc3ccccc3cc21. The topological polar surface area (TPSA) is 3.88 Å². The van der Waals surface area contributed by atoms with Crippen molar-refractivity contribution in [2.24, 2.45) is 7.05 Å². The van der Waals surface area contributed by atoms with E-state index in [1.54, 1.807) is 0 Å². The third-order valence-electron chi connectivity index (χ3n) is 8.78. The molecule has 6 aromatic rings. The second-order valence-electron chi connectivity index (χ2n) is 10.9. The fourth-order valence-corrected chi connectivity index (χ4v) is 6.99. The van der Waals surface area contributed by atoms with E-state index < -0.39 is 0 Å². The molecule has 0 aliphatic heterocycles. The van der Waals surface area contributed by atoms with Crippen LogP contribution < -0.4 is 4.57 Å². The molecule has 0 spiro atoms. The van der Waals surface area contributed by atoms with Gasteiger partial charge in [-0.15, -0.1) is 0 Å². The smallest absolute Gasteiger partial charge is 0.201 e. The zero-order valence-corrected chi connectivity index (χ0v) is 21.6. The summed E-state index contributed by atoms with van der Waals surface area (Å²) in [6.07, 6.45) is 2.19. The predicted molar refractivity (Wildman–Crippen MR) is 156 cm³/mol. The molecule has 3 aliphatic rings. The third kappa shape index (κ3) is 3.02. The molecular formula is C37H28N+. The first-order chi connectivity index (χ1) is 18.7. The number of benzene rings is 5. The van der Waals surface area contributed by atoms with E-state index in [-0.39, 0.29) is 11.8 Å². The highest BCUT2D eigenvalue weighted by atomic mass is 14.9. The van der Waals surface area contributed by atoms with Crippen molar-refractivity contribution < 1.29 is 4.57 Å². The van der Waals surface area contributed by atoms with Crippen molar-refractivity contribution in [2.75, 3.05) is 0 Å². The summed E-state index contributed by atoms with van der Waals surface area (Å²) in [5.74, 6) is 0.538. The molecule has 2 unspecified atom stereocenters. The summed E-state index contributed by atoms with van der Waals surface area (Å²) in [5, 5.41) is 2.66. The molecule has 3 aliphatic carbocycles. The van der Waals surface area contributed by atoms with Gasteiger partial charge >= 0.3 is 0 Å². The number of pyridine rings is 1. The minimum atomic E-state index is 0.257. The summed E-state index contributed by atoms with van der Waals surface area (Å²) >= 11 is 0. The van der Waals surface area contributed by atoms with Crippen LogP contribution in [0.25, 0.3) is 33.2 Å². The van der Waals surface area contributed by atoms with Gasteiger partial charge in [0.2, 0.25) is 5.69 Å². The molecule has 9 rings (SSSR count). The van der Waals surface area contributed by atoms with E-state index in [4.69, 9.17) is 0 Å². The minimum Gasteiger partial charge on any atom is -0.201 e.